The fraction of sp³-hybridized carbons (Fsp3) is 0.143. The van der Waals surface area contributed by atoms with Crippen molar-refractivity contribution in [3.63, 3.8) is 0 Å². The number of benzene rings is 1. The number of hydrogen-bond acceptors (Lipinski definition) is 6. The van der Waals surface area contributed by atoms with Crippen molar-refractivity contribution in [2.45, 2.75) is 6.92 Å². The summed E-state index contributed by atoms with van der Waals surface area (Å²) in [6.07, 6.45) is 0. The highest BCUT2D eigenvalue weighted by Crippen LogP contribution is 2.19. The van der Waals surface area contributed by atoms with Crippen molar-refractivity contribution in [3.8, 4) is 0 Å². The van der Waals surface area contributed by atoms with E-state index in [1.807, 2.05) is 0 Å². The number of carbonyl (C=O) groups is 3. The number of aromatic carboxylic acids is 1. The molecule has 0 aliphatic rings. The molecular weight excluding hydrogens is 278 g/mol. The number of nitrogens with zero attached hydrogens (tertiary/aromatic N) is 1. The molecule has 0 unspecified atom stereocenters. The van der Waals surface area contributed by atoms with Crippen molar-refractivity contribution in [2.24, 2.45) is 0 Å². The van der Waals surface area contributed by atoms with Crippen molar-refractivity contribution in [2.75, 3.05) is 7.11 Å². The first kappa shape index (κ1) is 14.4. The van der Waals surface area contributed by atoms with Crippen molar-refractivity contribution in [1.82, 2.24) is 5.16 Å². The second kappa shape index (κ2) is 5.58. The number of ketones is 1. The number of rotatable bonds is 4. The van der Waals surface area contributed by atoms with E-state index in [-0.39, 0.29) is 22.5 Å². The predicted octanol–water partition coefficient (Wildman–Crippen LogP) is 1.70. The topological polar surface area (TPSA) is 107 Å². The van der Waals surface area contributed by atoms with Gasteiger partial charge in [-0.25, -0.2) is 9.59 Å². The third-order valence-corrected chi connectivity index (χ3v) is 2.86. The average molecular weight is 289 g/mol. The highest BCUT2D eigenvalue weighted by Gasteiger charge is 2.26. The largest absolute Gasteiger partial charge is 0.476 e. The van der Waals surface area contributed by atoms with Crippen LogP contribution in [0.2, 0.25) is 0 Å². The summed E-state index contributed by atoms with van der Waals surface area (Å²) in [7, 11) is 1.25. The summed E-state index contributed by atoms with van der Waals surface area (Å²) in [4.78, 5) is 34.7. The Morgan fingerprint density at radius 3 is 2.24 bits per heavy atom. The molecule has 0 fully saturated rings. The van der Waals surface area contributed by atoms with E-state index in [0.717, 1.165) is 0 Å². The normalized spacial score (nSPS) is 10.2. The smallest absolute Gasteiger partial charge is 0.358 e. The second-order valence-electron chi connectivity index (χ2n) is 4.17. The summed E-state index contributed by atoms with van der Waals surface area (Å²) in [5.74, 6) is -2.29. The Morgan fingerprint density at radius 2 is 1.71 bits per heavy atom. The minimum absolute atomic E-state index is 0.103. The zero-order valence-electron chi connectivity index (χ0n) is 11.2. The van der Waals surface area contributed by atoms with Gasteiger partial charge in [-0.05, 0) is 19.1 Å². The summed E-state index contributed by atoms with van der Waals surface area (Å²) < 4.78 is 9.31. The van der Waals surface area contributed by atoms with Gasteiger partial charge in [0.15, 0.2) is 5.78 Å². The lowest BCUT2D eigenvalue weighted by atomic mass is 10.0. The van der Waals surface area contributed by atoms with Crippen LogP contribution in [0.15, 0.2) is 28.8 Å². The Hall–Kier alpha value is -2.96. The first-order valence-corrected chi connectivity index (χ1v) is 5.88. The van der Waals surface area contributed by atoms with E-state index in [1.165, 1.54) is 38.3 Å². The van der Waals surface area contributed by atoms with Gasteiger partial charge in [0, 0.05) is 5.56 Å². The molecule has 0 amide bonds. The van der Waals surface area contributed by atoms with Crippen LogP contribution < -0.4 is 0 Å². The Balaban J connectivity index is 2.39. The van der Waals surface area contributed by atoms with Gasteiger partial charge in [-0.3, -0.25) is 4.79 Å². The Labute approximate surface area is 119 Å². The molecule has 0 bridgehead atoms. The Kier molecular flexibility index (Phi) is 3.84. The number of carboxylic acid groups (broad SMARTS) is 1. The molecule has 2 aromatic rings. The summed E-state index contributed by atoms with van der Waals surface area (Å²) >= 11 is 0. The molecule has 7 nitrogen and oxygen atoms in total. The summed E-state index contributed by atoms with van der Waals surface area (Å²) in [6.45, 7) is 1.45. The third kappa shape index (κ3) is 2.66. The molecule has 0 spiro atoms. The van der Waals surface area contributed by atoms with Gasteiger partial charge in [-0.15, -0.1) is 0 Å². The summed E-state index contributed by atoms with van der Waals surface area (Å²) in [6, 6.07) is 5.66. The fourth-order valence-corrected chi connectivity index (χ4v) is 1.81. The van der Waals surface area contributed by atoms with Crippen LogP contribution in [-0.4, -0.2) is 35.1 Å². The van der Waals surface area contributed by atoms with E-state index in [9.17, 15) is 14.4 Å². The maximum Gasteiger partial charge on any atom is 0.358 e. The van der Waals surface area contributed by atoms with Crippen molar-refractivity contribution in [3.05, 3.63) is 52.4 Å². The van der Waals surface area contributed by atoms with E-state index in [2.05, 4.69) is 9.89 Å². The Morgan fingerprint density at radius 1 is 1.14 bits per heavy atom. The van der Waals surface area contributed by atoms with Gasteiger partial charge in [0.1, 0.15) is 5.76 Å². The van der Waals surface area contributed by atoms with Crippen LogP contribution in [0, 0.1) is 6.92 Å². The highest BCUT2D eigenvalue weighted by atomic mass is 16.5. The molecule has 0 saturated carbocycles. The summed E-state index contributed by atoms with van der Waals surface area (Å²) in [5.41, 5.74) is -0.0335. The number of esters is 1. The number of ether oxygens (including phenoxy) is 1. The van der Waals surface area contributed by atoms with Crippen LogP contribution in [0.1, 0.15) is 42.5 Å². The van der Waals surface area contributed by atoms with Crippen LogP contribution in [0.4, 0.5) is 0 Å². The molecule has 0 aliphatic heterocycles. The molecule has 0 aliphatic carbocycles. The number of aromatic nitrogens is 1. The molecule has 108 valence electrons. The molecule has 2 rings (SSSR count). The fourth-order valence-electron chi connectivity index (χ4n) is 1.81. The molecule has 1 aromatic heterocycles. The lowest BCUT2D eigenvalue weighted by Gasteiger charge is -2.02. The predicted molar refractivity (Wildman–Crippen MR) is 69.4 cm³/mol. The maximum atomic E-state index is 12.3. The van der Waals surface area contributed by atoms with E-state index >= 15 is 0 Å². The monoisotopic (exact) mass is 289 g/mol. The van der Waals surface area contributed by atoms with E-state index in [0.29, 0.717) is 0 Å². The number of carboxylic acids is 1. The van der Waals surface area contributed by atoms with Crippen LogP contribution in [0.3, 0.4) is 0 Å². The highest BCUT2D eigenvalue weighted by molar-refractivity contribution is 6.14. The Bertz CT molecular complexity index is 714. The van der Waals surface area contributed by atoms with Gasteiger partial charge in [0.05, 0.1) is 18.2 Å². The molecule has 1 heterocycles. The number of hydrogen-bond donors (Lipinski definition) is 1. The van der Waals surface area contributed by atoms with Crippen LogP contribution in [0.25, 0.3) is 0 Å². The van der Waals surface area contributed by atoms with Crippen molar-refractivity contribution in [1.29, 1.82) is 0 Å². The van der Waals surface area contributed by atoms with E-state index < -0.39 is 23.4 Å². The molecule has 1 aromatic carbocycles. The van der Waals surface area contributed by atoms with Crippen LogP contribution in [0.5, 0.6) is 0 Å². The number of carbonyl (C=O) groups excluding carboxylic acids is 2. The van der Waals surface area contributed by atoms with Gasteiger partial charge < -0.3 is 14.4 Å². The standard InChI is InChI=1S/C14H11NO6/c1-7-10(11(13(17)18)15-21-7)12(16)8-3-5-9(6-4-8)14(19)20-2/h3-6H,1-2H3,(H,17,18). The van der Waals surface area contributed by atoms with Gasteiger partial charge in [0.25, 0.3) is 0 Å². The second-order valence-corrected chi connectivity index (χ2v) is 4.17. The SMILES string of the molecule is COC(=O)c1ccc(C(=O)c2c(C(=O)O)noc2C)cc1. The van der Waals surface area contributed by atoms with Gasteiger partial charge in [0.2, 0.25) is 5.69 Å². The molecular formula is C14H11NO6. The minimum atomic E-state index is -1.35. The average Bonchev–Trinajstić information content (AvgIpc) is 2.87. The lowest BCUT2D eigenvalue weighted by molar-refractivity contribution is 0.0599. The van der Waals surface area contributed by atoms with Crippen molar-refractivity contribution < 1.29 is 28.8 Å². The van der Waals surface area contributed by atoms with Gasteiger partial charge in [-0.1, -0.05) is 17.3 Å². The van der Waals surface area contributed by atoms with Gasteiger partial charge in [-0.2, -0.15) is 0 Å². The molecule has 1 N–H and O–H groups in total. The molecule has 7 heteroatoms. The van der Waals surface area contributed by atoms with Crippen molar-refractivity contribution >= 4 is 17.7 Å². The quantitative estimate of drug-likeness (QED) is 0.674. The molecule has 0 atom stereocenters. The third-order valence-electron chi connectivity index (χ3n) is 2.86. The van der Waals surface area contributed by atoms with Crippen LogP contribution >= 0.6 is 0 Å². The molecule has 0 radical (unpaired) electrons. The van der Waals surface area contributed by atoms with E-state index in [1.54, 1.807) is 0 Å². The zero-order chi connectivity index (χ0) is 15.6. The van der Waals surface area contributed by atoms with Gasteiger partial charge >= 0.3 is 11.9 Å². The number of aryl methyl sites for hydroxylation is 1. The van der Waals surface area contributed by atoms with E-state index in [4.69, 9.17) is 9.63 Å². The number of methoxy groups -OCH3 is 1. The lowest BCUT2D eigenvalue weighted by Crippen LogP contribution is -2.10. The summed E-state index contributed by atoms with van der Waals surface area (Å²) in [5, 5.41) is 12.3. The van der Waals surface area contributed by atoms with Crippen LogP contribution in [-0.2, 0) is 4.74 Å². The maximum absolute atomic E-state index is 12.3. The minimum Gasteiger partial charge on any atom is -0.476 e. The first-order chi connectivity index (χ1) is 9.95. The molecule has 0 saturated heterocycles. The first-order valence-electron chi connectivity index (χ1n) is 5.88. The molecule has 21 heavy (non-hydrogen) atoms. The zero-order valence-corrected chi connectivity index (χ0v) is 11.2.